The second-order valence-electron chi connectivity index (χ2n) is 5.66. The normalized spacial score (nSPS) is 10.7. The van der Waals surface area contributed by atoms with Crippen LogP contribution in [0.25, 0.3) is 6.08 Å². The molecule has 0 spiro atoms. The number of carbonyl (C=O) groups is 2. The molecule has 0 heterocycles. The van der Waals surface area contributed by atoms with Gasteiger partial charge in [-0.2, -0.15) is 5.26 Å². The summed E-state index contributed by atoms with van der Waals surface area (Å²) in [6.07, 6.45) is 1.37. The van der Waals surface area contributed by atoms with Crippen molar-refractivity contribution < 1.29 is 19.4 Å². The molecular weight excluding hydrogens is 332 g/mol. The van der Waals surface area contributed by atoms with Gasteiger partial charge in [-0.15, -0.1) is 0 Å². The molecule has 26 heavy (non-hydrogen) atoms. The minimum atomic E-state index is -1.11. The number of rotatable bonds is 6. The second kappa shape index (κ2) is 8.49. The molecule has 0 saturated carbocycles. The largest absolute Gasteiger partial charge is 0.481 e. The number of carboxylic acids is 1. The van der Waals surface area contributed by atoms with Crippen molar-refractivity contribution in [2.24, 2.45) is 0 Å². The van der Waals surface area contributed by atoms with E-state index in [0.717, 1.165) is 11.1 Å². The van der Waals surface area contributed by atoms with E-state index >= 15 is 0 Å². The van der Waals surface area contributed by atoms with Crippen molar-refractivity contribution in [1.82, 2.24) is 0 Å². The average molecular weight is 350 g/mol. The van der Waals surface area contributed by atoms with Crippen LogP contribution in [0.2, 0.25) is 0 Å². The van der Waals surface area contributed by atoms with E-state index in [2.05, 4.69) is 5.32 Å². The van der Waals surface area contributed by atoms with E-state index in [9.17, 15) is 14.9 Å². The van der Waals surface area contributed by atoms with Gasteiger partial charge in [-0.25, -0.2) is 4.79 Å². The summed E-state index contributed by atoms with van der Waals surface area (Å²) in [6, 6.07) is 14.1. The molecule has 2 rings (SSSR count). The van der Waals surface area contributed by atoms with Crippen LogP contribution in [0.3, 0.4) is 0 Å². The highest BCUT2D eigenvalue weighted by Crippen LogP contribution is 2.22. The SMILES string of the molecule is Cc1ccc(C)c(NC(=O)/C(C#N)=C/c2ccccc2OCC(=O)O)c1. The van der Waals surface area contributed by atoms with E-state index in [1.807, 2.05) is 38.1 Å². The molecule has 6 nitrogen and oxygen atoms in total. The Morgan fingerprint density at radius 1 is 1.23 bits per heavy atom. The van der Waals surface area contributed by atoms with E-state index in [0.29, 0.717) is 11.3 Å². The third-order valence-electron chi connectivity index (χ3n) is 3.58. The van der Waals surface area contributed by atoms with Gasteiger partial charge in [-0.05, 0) is 43.2 Å². The molecule has 132 valence electrons. The van der Waals surface area contributed by atoms with Crippen LogP contribution in [-0.2, 0) is 9.59 Å². The summed E-state index contributed by atoms with van der Waals surface area (Å²) in [4.78, 5) is 23.1. The molecule has 0 unspecified atom stereocenters. The summed E-state index contributed by atoms with van der Waals surface area (Å²) < 4.78 is 5.19. The van der Waals surface area contributed by atoms with Crippen LogP contribution in [-0.4, -0.2) is 23.6 Å². The Morgan fingerprint density at radius 2 is 1.96 bits per heavy atom. The summed E-state index contributed by atoms with van der Waals surface area (Å²) in [5.41, 5.74) is 2.83. The lowest BCUT2D eigenvalue weighted by Crippen LogP contribution is -2.14. The maximum atomic E-state index is 12.5. The Hall–Kier alpha value is -3.59. The van der Waals surface area contributed by atoms with Gasteiger partial charge < -0.3 is 15.2 Å². The van der Waals surface area contributed by atoms with Crippen molar-refractivity contribution in [3.63, 3.8) is 0 Å². The predicted octanol–water partition coefficient (Wildman–Crippen LogP) is 3.31. The molecule has 2 N–H and O–H groups in total. The average Bonchev–Trinajstić information content (AvgIpc) is 2.61. The van der Waals surface area contributed by atoms with Gasteiger partial charge in [0.25, 0.3) is 5.91 Å². The highest BCUT2D eigenvalue weighted by molar-refractivity contribution is 6.10. The predicted molar refractivity (Wildman–Crippen MR) is 97.7 cm³/mol. The van der Waals surface area contributed by atoms with E-state index < -0.39 is 18.5 Å². The Morgan fingerprint density at radius 3 is 2.65 bits per heavy atom. The van der Waals surface area contributed by atoms with Gasteiger partial charge in [0.2, 0.25) is 0 Å². The van der Waals surface area contributed by atoms with Crippen molar-refractivity contribution >= 4 is 23.6 Å². The number of nitriles is 1. The Labute approximate surface area is 151 Å². The lowest BCUT2D eigenvalue weighted by atomic mass is 10.1. The Balaban J connectivity index is 2.27. The molecule has 0 aliphatic carbocycles. The lowest BCUT2D eigenvalue weighted by molar-refractivity contribution is -0.139. The molecule has 0 atom stereocenters. The lowest BCUT2D eigenvalue weighted by Gasteiger charge is -2.10. The summed E-state index contributed by atoms with van der Waals surface area (Å²) in [7, 11) is 0. The Bertz CT molecular complexity index is 910. The number of aliphatic carboxylic acids is 1. The van der Waals surface area contributed by atoms with Gasteiger partial charge >= 0.3 is 5.97 Å². The molecule has 0 bridgehead atoms. The maximum absolute atomic E-state index is 12.5. The van der Waals surface area contributed by atoms with E-state index in [4.69, 9.17) is 9.84 Å². The molecule has 2 aromatic rings. The number of hydrogen-bond donors (Lipinski definition) is 2. The smallest absolute Gasteiger partial charge is 0.341 e. The molecule has 0 aliphatic heterocycles. The molecule has 0 aromatic heterocycles. The molecule has 6 heteroatoms. The molecular formula is C20H18N2O4. The minimum absolute atomic E-state index is 0.114. The van der Waals surface area contributed by atoms with E-state index in [-0.39, 0.29) is 11.3 Å². The number of amides is 1. The van der Waals surface area contributed by atoms with Crippen LogP contribution in [0, 0.1) is 25.2 Å². The fourth-order valence-corrected chi connectivity index (χ4v) is 2.23. The quantitative estimate of drug-likeness (QED) is 0.615. The number of anilines is 1. The zero-order valence-electron chi connectivity index (χ0n) is 14.4. The molecule has 0 aliphatic rings. The van der Waals surface area contributed by atoms with E-state index in [1.165, 1.54) is 6.08 Å². The number of aryl methyl sites for hydroxylation is 2. The standard InChI is InChI=1S/C20H18N2O4/c1-13-7-8-14(2)17(9-13)22-20(25)16(11-21)10-15-5-3-4-6-18(15)26-12-19(23)24/h3-10H,12H2,1-2H3,(H,22,25)(H,23,24)/b16-10+. The van der Waals surface area contributed by atoms with Gasteiger partial charge in [0.1, 0.15) is 17.4 Å². The van der Waals surface area contributed by atoms with Crippen molar-refractivity contribution in [3.05, 3.63) is 64.7 Å². The van der Waals surface area contributed by atoms with E-state index in [1.54, 1.807) is 24.3 Å². The van der Waals surface area contributed by atoms with Crippen LogP contribution < -0.4 is 10.1 Å². The van der Waals surface area contributed by atoms with Crippen molar-refractivity contribution in [2.75, 3.05) is 11.9 Å². The van der Waals surface area contributed by atoms with Crippen molar-refractivity contribution in [3.8, 4) is 11.8 Å². The zero-order valence-corrected chi connectivity index (χ0v) is 14.4. The zero-order chi connectivity index (χ0) is 19.1. The molecule has 0 radical (unpaired) electrons. The molecule has 1 amide bonds. The first-order valence-electron chi connectivity index (χ1n) is 7.84. The molecule has 2 aromatic carbocycles. The first kappa shape index (κ1) is 18.7. The Kier molecular flexibility index (Phi) is 6.12. The number of nitrogens with one attached hydrogen (secondary N) is 1. The van der Waals surface area contributed by atoms with Gasteiger partial charge in [0.05, 0.1) is 0 Å². The van der Waals surface area contributed by atoms with Crippen LogP contribution >= 0.6 is 0 Å². The number of para-hydroxylation sites is 1. The number of ether oxygens (including phenoxy) is 1. The summed E-state index contributed by atoms with van der Waals surface area (Å²) >= 11 is 0. The van der Waals surface area contributed by atoms with Crippen LogP contribution in [0.1, 0.15) is 16.7 Å². The first-order valence-corrected chi connectivity index (χ1v) is 7.84. The van der Waals surface area contributed by atoms with Gasteiger partial charge in [0.15, 0.2) is 6.61 Å². The fourth-order valence-electron chi connectivity index (χ4n) is 2.23. The van der Waals surface area contributed by atoms with Crippen molar-refractivity contribution in [1.29, 1.82) is 5.26 Å². The number of carboxylic acid groups (broad SMARTS) is 1. The first-order chi connectivity index (χ1) is 12.4. The molecule has 0 fully saturated rings. The van der Waals surface area contributed by atoms with Crippen LogP contribution in [0.5, 0.6) is 5.75 Å². The number of hydrogen-bond acceptors (Lipinski definition) is 4. The third kappa shape index (κ3) is 4.95. The number of benzene rings is 2. The number of carbonyl (C=O) groups excluding carboxylic acids is 1. The summed E-state index contributed by atoms with van der Waals surface area (Å²) in [5.74, 6) is -1.38. The van der Waals surface area contributed by atoms with Gasteiger partial charge in [0, 0.05) is 11.3 Å². The second-order valence-corrected chi connectivity index (χ2v) is 5.66. The highest BCUT2D eigenvalue weighted by Gasteiger charge is 2.13. The van der Waals surface area contributed by atoms with Crippen molar-refractivity contribution in [2.45, 2.75) is 13.8 Å². The summed E-state index contributed by atoms with van der Waals surface area (Å²) in [5, 5.41) is 20.8. The molecule has 0 saturated heterocycles. The van der Waals surface area contributed by atoms with Crippen LogP contribution in [0.15, 0.2) is 48.0 Å². The summed E-state index contributed by atoms with van der Waals surface area (Å²) in [6.45, 7) is 3.26. The highest BCUT2D eigenvalue weighted by atomic mass is 16.5. The maximum Gasteiger partial charge on any atom is 0.341 e. The number of nitrogens with zero attached hydrogens (tertiary/aromatic N) is 1. The topological polar surface area (TPSA) is 99.4 Å². The minimum Gasteiger partial charge on any atom is -0.481 e. The third-order valence-corrected chi connectivity index (χ3v) is 3.58. The fraction of sp³-hybridized carbons (Fsp3) is 0.150. The van der Waals surface area contributed by atoms with Gasteiger partial charge in [-0.1, -0.05) is 30.3 Å². The van der Waals surface area contributed by atoms with Crippen LogP contribution in [0.4, 0.5) is 5.69 Å². The van der Waals surface area contributed by atoms with Gasteiger partial charge in [-0.3, -0.25) is 4.79 Å². The monoisotopic (exact) mass is 350 g/mol.